The van der Waals surface area contributed by atoms with Crippen LogP contribution in [-0.4, -0.2) is 14.1 Å². The monoisotopic (exact) mass is 1200 g/mol. The van der Waals surface area contributed by atoms with Crippen LogP contribution >= 0.6 is 0 Å². The molecule has 0 unspecified atom stereocenters. The number of hydrogen-bond acceptors (Lipinski definition) is 4. The van der Waals surface area contributed by atoms with Gasteiger partial charge in [-0.2, -0.15) is 12.1 Å². The molecule has 9 aromatic carbocycles. The average Bonchev–Trinajstić information content (AvgIpc) is 3.68. The second-order valence-corrected chi connectivity index (χ2v) is 21.2. The van der Waals surface area contributed by atoms with Crippen molar-refractivity contribution in [3.63, 3.8) is 0 Å². The zero-order valence-electron chi connectivity index (χ0n) is 43.6. The molecule has 0 radical (unpaired) electrons. The second-order valence-electron chi connectivity index (χ2n) is 21.2. The number of pyridine rings is 1. The normalized spacial score (nSPS) is 14.4. The SMILES string of the molecule is CC(C)(C)c1ccnc(-n2c3[c-]c(Oc4[c-]c(N5[CH-]N(c6c(-c7ccccc7)cccc6-c6ccccc6)c6ccccc65)ccc4)ccc3c3c4c(ccc32)-n2c3c(c5cccc(c52)-c2ccccc2-4)\C=C/C=C\C=C/3)c1.[Pt]. The summed E-state index contributed by atoms with van der Waals surface area (Å²) in [5.74, 6) is 1.96. The predicted molar refractivity (Wildman–Crippen MR) is 322 cm³/mol. The standard InChI is InChI=1S/C72H50N5O.Pt/c1-72(2,3)49-41-42-73-67(43-49)76-64-39-40-65-68(57-29-15-14-27-55(57)58-32-20-33-59-56-28-12-4-5-13-34-61(56)77(65)71(58)59)69(64)60-38-37-52(45-66(60)76)78-51-26-18-25-50(44-51)74-46-75(63-36-17-16-35-62(63)74)70-53(47-21-8-6-9-22-47)30-19-31-54(70)48-23-10-7-11-24-48;/h4-43,46H,1-3H3;/q-3;/b5-4-,12-4?,13-5?,28-12-,34-13-,56-28?,61-34?;. The number of allylic oxidation sites excluding steroid dienone is 4. The van der Waals surface area contributed by atoms with Crippen LogP contribution in [0.1, 0.15) is 37.6 Å². The minimum absolute atomic E-state index is 0. The third kappa shape index (κ3) is 7.84. The molecule has 0 saturated heterocycles. The molecule has 79 heavy (non-hydrogen) atoms. The van der Waals surface area contributed by atoms with Crippen LogP contribution in [0, 0.1) is 18.8 Å². The summed E-state index contributed by atoms with van der Waals surface area (Å²) in [5.41, 5.74) is 21.0. The summed E-state index contributed by atoms with van der Waals surface area (Å²) in [4.78, 5) is 9.65. The first-order valence-electron chi connectivity index (χ1n) is 26.6. The summed E-state index contributed by atoms with van der Waals surface area (Å²) in [6.45, 7) is 8.93. The van der Waals surface area contributed by atoms with Crippen molar-refractivity contribution in [2.75, 3.05) is 9.80 Å². The Morgan fingerprint density at radius 2 is 1.15 bits per heavy atom. The van der Waals surface area contributed by atoms with Gasteiger partial charge in [-0.1, -0.05) is 190 Å². The molecule has 5 heterocycles. The van der Waals surface area contributed by atoms with Crippen molar-refractivity contribution in [2.24, 2.45) is 0 Å². The van der Waals surface area contributed by atoms with Crippen LogP contribution in [0.15, 0.2) is 231 Å². The van der Waals surface area contributed by atoms with Crippen LogP contribution in [-0.2, 0) is 26.5 Å². The Morgan fingerprint density at radius 3 is 1.91 bits per heavy atom. The first-order chi connectivity index (χ1) is 38.4. The van der Waals surface area contributed by atoms with Crippen molar-refractivity contribution in [1.82, 2.24) is 14.1 Å². The van der Waals surface area contributed by atoms with Crippen LogP contribution in [0.4, 0.5) is 22.7 Å². The van der Waals surface area contributed by atoms with Gasteiger partial charge in [-0.05, 0) is 81.1 Å². The maximum atomic E-state index is 6.93. The van der Waals surface area contributed by atoms with Crippen molar-refractivity contribution in [2.45, 2.75) is 26.2 Å². The molecule has 0 saturated carbocycles. The Bertz CT molecular complexity index is 4440. The molecule has 0 spiro atoms. The Morgan fingerprint density at radius 1 is 0.506 bits per heavy atom. The van der Waals surface area contributed by atoms with E-state index >= 15 is 0 Å². The Kier molecular flexibility index (Phi) is 11.6. The van der Waals surface area contributed by atoms with Crippen molar-refractivity contribution < 1.29 is 25.8 Å². The molecule has 0 bridgehead atoms. The van der Waals surface area contributed by atoms with E-state index in [1.165, 1.54) is 38.7 Å². The number of anilines is 4. The number of rotatable bonds is 7. The minimum Gasteiger partial charge on any atom is -0.509 e. The summed E-state index contributed by atoms with van der Waals surface area (Å²) >= 11 is 0. The zero-order chi connectivity index (χ0) is 52.1. The number of hydrogen-bond donors (Lipinski definition) is 0. The number of ether oxygens (including phenoxy) is 1. The van der Waals surface area contributed by atoms with Gasteiger partial charge in [0.15, 0.2) is 0 Å². The van der Waals surface area contributed by atoms with Crippen molar-refractivity contribution in [3.05, 3.63) is 266 Å². The quantitative estimate of drug-likeness (QED) is 0.149. The molecule has 0 atom stereocenters. The fourth-order valence-corrected chi connectivity index (χ4v) is 12.1. The van der Waals surface area contributed by atoms with E-state index < -0.39 is 0 Å². The first-order valence-corrected chi connectivity index (χ1v) is 26.6. The van der Waals surface area contributed by atoms with Gasteiger partial charge in [0.05, 0.1) is 16.9 Å². The van der Waals surface area contributed by atoms with E-state index in [9.17, 15) is 0 Å². The summed E-state index contributed by atoms with van der Waals surface area (Å²) in [7, 11) is 0. The Balaban J connectivity index is 0.00000564. The fourth-order valence-electron chi connectivity index (χ4n) is 12.1. The van der Waals surface area contributed by atoms with Crippen molar-refractivity contribution in [1.29, 1.82) is 0 Å². The van der Waals surface area contributed by atoms with Gasteiger partial charge >= 0.3 is 0 Å². The summed E-state index contributed by atoms with van der Waals surface area (Å²) < 4.78 is 11.7. The number of fused-ring (bicyclic) bond motifs is 13. The summed E-state index contributed by atoms with van der Waals surface area (Å²) in [6, 6.07) is 78.9. The second kappa shape index (κ2) is 19.1. The van der Waals surface area contributed by atoms with Crippen LogP contribution in [0.25, 0.3) is 101 Å². The van der Waals surface area contributed by atoms with E-state index in [1.807, 2.05) is 18.3 Å². The van der Waals surface area contributed by atoms with E-state index in [2.05, 4.69) is 283 Å². The van der Waals surface area contributed by atoms with Gasteiger partial charge in [0.1, 0.15) is 5.82 Å². The average molecular weight is 1200 g/mol. The predicted octanol–water partition coefficient (Wildman–Crippen LogP) is 18.8. The number of aromatic nitrogens is 3. The third-order valence-electron chi connectivity index (χ3n) is 15.6. The molecule has 3 aliphatic rings. The molecule has 7 heteroatoms. The van der Waals surface area contributed by atoms with Crippen molar-refractivity contribution >= 4 is 67.6 Å². The van der Waals surface area contributed by atoms with Gasteiger partial charge in [-0.15, -0.1) is 48.1 Å². The third-order valence-corrected chi connectivity index (χ3v) is 15.6. The molecular formula is C72H50N5OPt-3. The Hall–Kier alpha value is -9.22. The minimum atomic E-state index is -0.107. The zero-order valence-corrected chi connectivity index (χ0v) is 45.9. The van der Waals surface area contributed by atoms with E-state index in [-0.39, 0.29) is 26.5 Å². The molecule has 12 aromatic rings. The van der Waals surface area contributed by atoms with E-state index in [4.69, 9.17) is 9.72 Å². The van der Waals surface area contributed by atoms with Gasteiger partial charge in [-0.3, -0.25) is 0 Å². The number of nitrogens with zero attached hydrogens (tertiary/aromatic N) is 5. The van der Waals surface area contributed by atoms with E-state index in [0.717, 1.165) is 89.6 Å². The van der Waals surface area contributed by atoms with Gasteiger partial charge in [0, 0.05) is 94.5 Å². The summed E-state index contributed by atoms with van der Waals surface area (Å²) in [6.07, 6.45) is 14.9. The molecule has 1 aliphatic carbocycles. The summed E-state index contributed by atoms with van der Waals surface area (Å²) in [5, 5.41) is 3.40. The van der Waals surface area contributed by atoms with Crippen molar-refractivity contribution in [3.8, 4) is 67.5 Å². The maximum absolute atomic E-state index is 6.93. The molecular weight excluding hydrogens is 1150 g/mol. The van der Waals surface area contributed by atoms with Crippen LogP contribution in [0.2, 0.25) is 0 Å². The molecule has 0 amide bonds. The van der Waals surface area contributed by atoms with E-state index in [0.29, 0.717) is 11.5 Å². The largest absolute Gasteiger partial charge is 0.509 e. The van der Waals surface area contributed by atoms with Gasteiger partial charge in [0.2, 0.25) is 0 Å². The van der Waals surface area contributed by atoms with Gasteiger partial charge in [-0.25, -0.2) is 4.98 Å². The molecule has 0 fully saturated rings. The van der Waals surface area contributed by atoms with Crippen LogP contribution in [0.3, 0.4) is 0 Å². The van der Waals surface area contributed by atoms with Gasteiger partial charge < -0.3 is 23.7 Å². The smallest absolute Gasteiger partial charge is 0.135 e. The topological polar surface area (TPSA) is 38.5 Å². The molecule has 3 aromatic heterocycles. The van der Waals surface area contributed by atoms with Gasteiger partial charge in [0.25, 0.3) is 0 Å². The molecule has 2 aliphatic heterocycles. The number of para-hydroxylation sites is 4. The first kappa shape index (κ1) is 48.2. The number of benzene rings is 9. The molecule has 0 N–H and O–H groups in total. The Labute approximate surface area is 474 Å². The van der Waals surface area contributed by atoms with Crippen LogP contribution < -0.4 is 14.5 Å². The van der Waals surface area contributed by atoms with E-state index in [1.54, 1.807) is 0 Å². The molecule has 15 rings (SSSR count). The maximum Gasteiger partial charge on any atom is 0.135 e. The molecule has 382 valence electrons. The van der Waals surface area contributed by atoms with Crippen LogP contribution in [0.5, 0.6) is 11.5 Å². The molecule has 6 nitrogen and oxygen atoms in total. The fraction of sp³-hybridized carbons (Fsp3) is 0.0556.